The van der Waals surface area contributed by atoms with Crippen LogP contribution < -0.4 is 4.74 Å². The summed E-state index contributed by atoms with van der Waals surface area (Å²) in [4.78, 5) is 4.24. The fourth-order valence-electron chi connectivity index (χ4n) is 3.40. The zero-order chi connectivity index (χ0) is 16.0. The van der Waals surface area contributed by atoms with E-state index in [0.717, 1.165) is 22.0 Å². The molecular weight excluding hydrogens is 286 g/mol. The van der Waals surface area contributed by atoms with E-state index in [1.165, 1.54) is 21.9 Å². The van der Waals surface area contributed by atoms with E-state index in [1.807, 2.05) is 36.7 Å². The molecule has 4 rings (SSSR count). The normalized spacial score (nSPS) is 11.2. The molecule has 0 aliphatic rings. The highest BCUT2D eigenvalue weighted by Gasteiger charge is 2.13. The number of hydrogen-bond acceptors (Lipinski definition) is 3. The van der Waals surface area contributed by atoms with Crippen LogP contribution >= 0.6 is 0 Å². The molecule has 0 saturated carbocycles. The monoisotopic (exact) mass is 301 g/mol. The second kappa shape index (κ2) is 4.99. The van der Waals surface area contributed by atoms with Crippen molar-refractivity contribution in [2.24, 2.45) is 7.05 Å². The molecule has 2 aromatic heterocycles. The maximum absolute atomic E-state index is 8.69. The van der Waals surface area contributed by atoms with Crippen LogP contribution in [-0.4, -0.2) is 16.2 Å². The van der Waals surface area contributed by atoms with Crippen LogP contribution in [0.4, 0.5) is 0 Å². The van der Waals surface area contributed by atoms with Gasteiger partial charge < -0.3 is 9.30 Å². The van der Waals surface area contributed by atoms with Gasteiger partial charge in [-0.1, -0.05) is 0 Å². The number of rotatable bonds is 2. The molecule has 0 N–H and O–H groups in total. The number of fused-ring (bicyclic) bond motifs is 4. The highest BCUT2D eigenvalue weighted by molar-refractivity contribution is 6.14. The van der Waals surface area contributed by atoms with Crippen molar-refractivity contribution in [3.8, 4) is 11.8 Å². The van der Waals surface area contributed by atoms with Gasteiger partial charge >= 0.3 is 0 Å². The van der Waals surface area contributed by atoms with Crippen LogP contribution in [0, 0.1) is 18.3 Å². The molecule has 0 atom stereocenters. The number of benzene rings is 2. The molecule has 0 unspecified atom stereocenters. The van der Waals surface area contributed by atoms with Crippen LogP contribution in [0.2, 0.25) is 0 Å². The van der Waals surface area contributed by atoms with E-state index in [4.69, 9.17) is 10.00 Å². The van der Waals surface area contributed by atoms with Gasteiger partial charge in [-0.2, -0.15) is 5.26 Å². The van der Waals surface area contributed by atoms with Crippen molar-refractivity contribution >= 4 is 32.6 Å². The number of nitrogens with zero attached hydrogens (tertiary/aromatic N) is 3. The molecule has 0 radical (unpaired) electrons. The van der Waals surface area contributed by atoms with Gasteiger partial charge in [-0.3, -0.25) is 4.98 Å². The topological polar surface area (TPSA) is 50.8 Å². The summed E-state index contributed by atoms with van der Waals surface area (Å²) in [7, 11) is 2.08. The van der Waals surface area contributed by atoms with Gasteiger partial charge in [0.15, 0.2) is 6.61 Å². The third kappa shape index (κ3) is 1.94. The average molecular weight is 301 g/mol. The third-order valence-electron chi connectivity index (χ3n) is 4.42. The second-order valence-electron chi connectivity index (χ2n) is 5.68. The van der Waals surface area contributed by atoms with E-state index in [9.17, 15) is 0 Å². The van der Waals surface area contributed by atoms with Crippen LogP contribution in [0.15, 0.2) is 42.7 Å². The van der Waals surface area contributed by atoms with E-state index >= 15 is 0 Å². The standard InChI is InChI=1S/C19H15N3O/c1-12-15-5-7-21-11-13(15)9-17-16-10-14(23-8-6-20)3-4-18(16)22(2)19(12)17/h3-5,7,9-11H,8H2,1-2H3. The van der Waals surface area contributed by atoms with Crippen molar-refractivity contribution in [2.75, 3.05) is 6.61 Å². The second-order valence-corrected chi connectivity index (χ2v) is 5.68. The predicted octanol–water partition coefficient (Wildman–Crippen LogP) is 4.09. The Kier molecular flexibility index (Phi) is 2.95. The van der Waals surface area contributed by atoms with Crippen molar-refractivity contribution in [3.63, 3.8) is 0 Å². The minimum atomic E-state index is 0.0577. The Balaban J connectivity index is 2.11. The molecule has 112 valence electrons. The molecule has 0 spiro atoms. The Bertz CT molecular complexity index is 1100. The first-order chi connectivity index (χ1) is 11.2. The summed E-state index contributed by atoms with van der Waals surface area (Å²) >= 11 is 0. The van der Waals surface area contributed by atoms with Crippen LogP contribution in [0.25, 0.3) is 32.6 Å². The van der Waals surface area contributed by atoms with Crippen molar-refractivity contribution in [3.05, 3.63) is 48.3 Å². The van der Waals surface area contributed by atoms with Gasteiger partial charge in [-0.05, 0) is 48.2 Å². The fourth-order valence-corrected chi connectivity index (χ4v) is 3.40. The van der Waals surface area contributed by atoms with E-state index in [2.05, 4.69) is 35.7 Å². The summed E-state index contributed by atoms with van der Waals surface area (Å²) in [5.74, 6) is 0.718. The van der Waals surface area contributed by atoms with Gasteiger partial charge in [0.2, 0.25) is 0 Å². The highest BCUT2D eigenvalue weighted by atomic mass is 16.5. The molecule has 0 amide bonds. The van der Waals surface area contributed by atoms with E-state index in [1.54, 1.807) is 0 Å². The molecule has 23 heavy (non-hydrogen) atoms. The summed E-state index contributed by atoms with van der Waals surface area (Å²) in [6.07, 6.45) is 3.73. The number of hydrogen-bond donors (Lipinski definition) is 0. The third-order valence-corrected chi connectivity index (χ3v) is 4.42. The zero-order valence-corrected chi connectivity index (χ0v) is 13.0. The molecule has 0 aliphatic heterocycles. The Morgan fingerprint density at radius 2 is 2.04 bits per heavy atom. The van der Waals surface area contributed by atoms with Gasteiger partial charge in [0.05, 0.1) is 5.52 Å². The van der Waals surface area contributed by atoms with Crippen LogP contribution in [0.3, 0.4) is 0 Å². The first-order valence-corrected chi connectivity index (χ1v) is 7.46. The lowest BCUT2D eigenvalue weighted by Crippen LogP contribution is -1.93. The van der Waals surface area contributed by atoms with Crippen LogP contribution in [0.1, 0.15) is 5.56 Å². The summed E-state index contributed by atoms with van der Waals surface area (Å²) in [6.45, 7) is 2.21. The minimum absolute atomic E-state index is 0.0577. The predicted molar refractivity (Wildman–Crippen MR) is 91.6 cm³/mol. The molecular formula is C19H15N3O. The van der Waals surface area contributed by atoms with Gasteiger partial charge in [0, 0.05) is 41.1 Å². The van der Waals surface area contributed by atoms with Gasteiger partial charge in [-0.25, -0.2) is 0 Å². The van der Waals surface area contributed by atoms with Crippen molar-refractivity contribution in [2.45, 2.75) is 6.92 Å². The Hall–Kier alpha value is -3.06. The number of nitriles is 1. The molecule has 2 aromatic carbocycles. The molecule has 0 fully saturated rings. The summed E-state index contributed by atoms with van der Waals surface area (Å²) in [6, 6.07) is 12.2. The number of ether oxygens (including phenoxy) is 1. The Morgan fingerprint density at radius 1 is 1.17 bits per heavy atom. The molecule has 0 bridgehead atoms. The summed E-state index contributed by atoms with van der Waals surface area (Å²) in [5.41, 5.74) is 3.62. The lowest BCUT2D eigenvalue weighted by molar-refractivity contribution is 0.368. The molecule has 4 heteroatoms. The van der Waals surface area contributed by atoms with Crippen molar-refractivity contribution in [1.29, 1.82) is 5.26 Å². The zero-order valence-electron chi connectivity index (χ0n) is 13.0. The van der Waals surface area contributed by atoms with Gasteiger partial charge in [0.1, 0.15) is 11.8 Å². The van der Waals surface area contributed by atoms with Crippen molar-refractivity contribution in [1.82, 2.24) is 9.55 Å². The number of aryl methyl sites for hydroxylation is 2. The lowest BCUT2D eigenvalue weighted by atomic mass is 10.0. The minimum Gasteiger partial charge on any atom is -0.479 e. The fraction of sp³-hybridized carbons (Fsp3) is 0.158. The van der Waals surface area contributed by atoms with Crippen LogP contribution in [-0.2, 0) is 7.05 Å². The van der Waals surface area contributed by atoms with E-state index in [-0.39, 0.29) is 6.61 Å². The quantitative estimate of drug-likeness (QED) is 0.560. The van der Waals surface area contributed by atoms with E-state index < -0.39 is 0 Å². The van der Waals surface area contributed by atoms with Gasteiger partial charge in [-0.15, -0.1) is 0 Å². The molecule has 2 heterocycles. The highest BCUT2D eigenvalue weighted by Crippen LogP contribution is 2.36. The first kappa shape index (κ1) is 13.6. The molecule has 0 aliphatic carbocycles. The smallest absolute Gasteiger partial charge is 0.174 e. The lowest BCUT2D eigenvalue weighted by Gasteiger charge is -2.06. The van der Waals surface area contributed by atoms with Gasteiger partial charge in [0.25, 0.3) is 0 Å². The Morgan fingerprint density at radius 3 is 2.87 bits per heavy atom. The molecule has 0 saturated heterocycles. The summed E-state index contributed by atoms with van der Waals surface area (Å²) < 4.78 is 7.67. The largest absolute Gasteiger partial charge is 0.479 e. The Labute approximate surface area is 133 Å². The average Bonchev–Trinajstić information content (AvgIpc) is 2.86. The number of pyridine rings is 1. The first-order valence-electron chi connectivity index (χ1n) is 7.46. The van der Waals surface area contributed by atoms with Crippen molar-refractivity contribution < 1.29 is 4.74 Å². The van der Waals surface area contributed by atoms with Crippen LogP contribution in [0.5, 0.6) is 5.75 Å². The molecule has 4 nitrogen and oxygen atoms in total. The maximum atomic E-state index is 8.69. The molecule has 4 aromatic rings. The van der Waals surface area contributed by atoms with E-state index in [0.29, 0.717) is 0 Å². The SMILES string of the molecule is Cc1c2ccncc2cc2c3cc(OCC#N)ccc3n(C)c12. The maximum Gasteiger partial charge on any atom is 0.174 e. The summed E-state index contributed by atoms with van der Waals surface area (Å²) in [5, 5.41) is 13.4. The number of aromatic nitrogens is 2.